The standard InChI is InChI=1S/C17H23N3O2S/c1-16(2)12-6-7-17(16,3)14(9-12)19-20-15(21)11-22-18-10-13-5-4-8-23-13/h4-5,8,10,12H,6-7,9,11H2,1-3H3,(H,20,21)/b18-10+,19-14+. The smallest absolute Gasteiger partial charge is 0.280 e. The molecule has 124 valence electrons. The summed E-state index contributed by atoms with van der Waals surface area (Å²) in [7, 11) is 0. The Balaban J connectivity index is 1.50. The molecule has 2 fully saturated rings. The second kappa shape index (κ2) is 6.07. The van der Waals surface area contributed by atoms with E-state index in [1.807, 2.05) is 17.5 Å². The van der Waals surface area contributed by atoms with E-state index < -0.39 is 0 Å². The van der Waals surface area contributed by atoms with Crippen molar-refractivity contribution >= 4 is 29.2 Å². The van der Waals surface area contributed by atoms with Gasteiger partial charge in [-0.2, -0.15) is 5.10 Å². The van der Waals surface area contributed by atoms with Crippen molar-refractivity contribution in [1.82, 2.24) is 5.43 Å². The monoisotopic (exact) mass is 333 g/mol. The number of hydrazone groups is 1. The number of amides is 1. The fourth-order valence-corrected chi connectivity index (χ4v) is 4.38. The second-order valence-corrected chi connectivity index (χ2v) is 8.09. The molecule has 1 aromatic rings. The number of hydrogen-bond acceptors (Lipinski definition) is 5. The van der Waals surface area contributed by atoms with E-state index in [-0.39, 0.29) is 23.3 Å². The molecule has 1 N–H and O–H groups in total. The largest absolute Gasteiger partial charge is 0.386 e. The highest BCUT2D eigenvalue weighted by atomic mass is 32.1. The first-order valence-electron chi connectivity index (χ1n) is 7.98. The molecule has 3 rings (SSSR count). The van der Waals surface area contributed by atoms with Crippen LogP contribution in [0.25, 0.3) is 0 Å². The Morgan fingerprint density at radius 2 is 2.35 bits per heavy atom. The lowest BCUT2D eigenvalue weighted by molar-refractivity contribution is -0.125. The molecule has 0 spiro atoms. The zero-order chi connectivity index (χ0) is 16.5. The van der Waals surface area contributed by atoms with Gasteiger partial charge in [-0.1, -0.05) is 32.0 Å². The summed E-state index contributed by atoms with van der Waals surface area (Å²) in [6.45, 7) is 6.78. The topological polar surface area (TPSA) is 63.0 Å². The van der Waals surface area contributed by atoms with Crippen LogP contribution in [0.15, 0.2) is 27.8 Å². The third kappa shape index (κ3) is 2.92. The molecule has 2 aliphatic carbocycles. The zero-order valence-electron chi connectivity index (χ0n) is 13.8. The lowest BCUT2D eigenvalue weighted by Gasteiger charge is -2.34. The average Bonchev–Trinajstić information content (AvgIpc) is 3.15. The Bertz CT molecular complexity index is 636. The summed E-state index contributed by atoms with van der Waals surface area (Å²) in [4.78, 5) is 17.8. The molecule has 1 aromatic heterocycles. The minimum atomic E-state index is -0.273. The third-order valence-corrected chi connectivity index (χ3v) is 6.63. The van der Waals surface area contributed by atoms with Gasteiger partial charge < -0.3 is 4.84 Å². The summed E-state index contributed by atoms with van der Waals surface area (Å²) in [5.41, 5.74) is 4.10. The van der Waals surface area contributed by atoms with Crippen molar-refractivity contribution in [2.75, 3.05) is 6.61 Å². The summed E-state index contributed by atoms with van der Waals surface area (Å²) in [5.74, 6) is 0.403. The fraction of sp³-hybridized carbons (Fsp3) is 0.588. The Labute approximate surface area is 140 Å². The number of carbonyl (C=O) groups excluding carboxylic acids is 1. The maximum atomic E-state index is 11.8. The van der Waals surface area contributed by atoms with Crippen LogP contribution in [0.3, 0.4) is 0 Å². The van der Waals surface area contributed by atoms with Crippen LogP contribution < -0.4 is 5.43 Å². The minimum absolute atomic E-state index is 0.100. The first-order chi connectivity index (χ1) is 10.9. The van der Waals surface area contributed by atoms with Crippen LogP contribution in [0.4, 0.5) is 0 Å². The summed E-state index contributed by atoms with van der Waals surface area (Å²) >= 11 is 1.56. The molecule has 1 heterocycles. The Morgan fingerprint density at radius 3 is 2.96 bits per heavy atom. The molecule has 6 heteroatoms. The first kappa shape index (κ1) is 16.2. The van der Waals surface area contributed by atoms with Crippen molar-refractivity contribution in [1.29, 1.82) is 0 Å². The van der Waals surface area contributed by atoms with E-state index in [2.05, 4.69) is 36.5 Å². The average molecular weight is 333 g/mol. The van der Waals surface area contributed by atoms with Gasteiger partial charge in [0.15, 0.2) is 6.61 Å². The third-order valence-electron chi connectivity index (χ3n) is 5.82. The summed E-state index contributed by atoms with van der Waals surface area (Å²) < 4.78 is 0. The van der Waals surface area contributed by atoms with Gasteiger partial charge in [0.2, 0.25) is 0 Å². The molecule has 2 bridgehead atoms. The van der Waals surface area contributed by atoms with E-state index in [9.17, 15) is 4.79 Å². The number of rotatable bonds is 5. The molecule has 0 radical (unpaired) electrons. The van der Waals surface area contributed by atoms with E-state index in [4.69, 9.17) is 4.84 Å². The molecule has 2 aliphatic rings. The summed E-state index contributed by atoms with van der Waals surface area (Å²) in [6.07, 6.45) is 5.00. The van der Waals surface area contributed by atoms with Gasteiger partial charge in [0, 0.05) is 16.0 Å². The second-order valence-electron chi connectivity index (χ2n) is 7.11. The maximum Gasteiger partial charge on any atom is 0.280 e. The van der Waals surface area contributed by atoms with E-state index in [0.717, 1.165) is 23.4 Å². The van der Waals surface area contributed by atoms with Crippen molar-refractivity contribution in [3.8, 4) is 0 Å². The number of nitrogens with zero attached hydrogens (tertiary/aromatic N) is 2. The highest BCUT2D eigenvalue weighted by Crippen LogP contribution is 2.63. The number of fused-ring (bicyclic) bond motifs is 2. The molecule has 0 aliphatic heterocycles. The van der Waals surface area contributed by atoms with Crippen molar-refractivity contribution in [2.45, 2.75) is 40.0 Å². The SMILES string of the molecule is CC12CCC(C/C1=N\NC(=O)CO/N=C/c1cccs1)C2(C)C. The Hall–Kier alpha value is -1.69. The number of nitrogens with one attached hydrogen (secondary N) is 1. The van der Waals surface area contributed by atoms with Crippen molar-refractivity contribution in [3.05, 3.63) is 22.4 Å². The number of thiophene rings is 1. The molecule has 0 aromatic carbocycles. The van der Waals surface area contributed by atoms with Gasteiger partial charge >= 0.3 is 0 Å². The van der Waals surface area contributed by atoms with Gasteiger partial charge in [0.25, 0.3) is 5.91 Å². The van der Waals surface area contributed by atoms with Crippen LogP contribution in [0.1, 0.15) is 44.9 Å². The molecular weight excluding hydrogens is 310 g/mol. The van der Waals surface area contributed by atoms with Crippen LogP contribution in [0.2, 0.25) is 0 Å². The molecule has 2 unspecified atom stereocenters. The van der Waals surface area contributed by atoms with Gasteiger partial charge in [0.1, 0.15) is 0 Å². The highest BCUT2D eigenvalue weighted by molar-refractivity contribution is 7.11. The normalized spacial score (nSPS) is 30.2. The van der Waals surface area contributed by atoms with Crippen molar-refractivity contribution in [3.63, 3.8) is 0 Å². The van der Waals surface area contributed by atoms with Crippen LogP contribution >= 0.6 is 11.3 Å². The molecule has 0 saturated heterocycles. The predicted molar refractivity (Wildman–Crippen MR) is 92.7 cm³/mol. The lowest BCUT2D eigenvalue weighted by Crippen LogP contribution is -2.34. The minimum Gasteiger partial charge on any atom is -0.386 e. The summed E-state index contributed by atoms with van der Waals surface area (Å²) in [6, 6.07) is 3.87. The van der Waals surface area contributed by atoms with Gasteiger partial charge in [-0.05, 0) is 42.0 Å². The number of oxime groups is 1. The lowest BCUT2D eigenvalue weighted by atomic mass is 9.70. The molecule has 1 amide bonds. The Kier molecular flexibility index (Phi) is 4.27. The van der Waals surface area contributed by atoms with Crippen LogP contribution in [-0.4, -0.2) is 24.4 Å². The van der Waals surface area contributed by atoms with E-state index >= 15 is 0 Å². The quantitative estimate of drug-likeness (QED) is 0.663. The Morgan fingerprint density at radius 1 is 1.52 bits per heavy atom. The van der Waals surface area contributed by atoms with Gasteiger partial charge in [-0.15, -0.1) is 11.3 Å². The number of hydrogen-bond donors (Lipinski definition) is 1. The fourth-order valence-electron chi connectivity index (χ4n) is 3.81. The van der Waals surface area contributed by atoms with E-state index in [0.29, 0.717) is 5.92 Å². The van der Waals surface area contributed by atoms with Gasteiger partial charge in [-0.3, -0.25) is 4.79 Å². The number of carbonyl (C=O) groups is 1. The van der Waals surface area contributed by atoms with Gasteiger partial charge in [0.05, 0.1) is 6.21 Å². The highest BCUT2D eigenvalue weighted by Gasteiger charge is 2.59. The van der Waals surface area contributed by atoms with Gasteiger partial charge in [-0.25, -0.2) is 5.43 Å². The summed E-state index contributed by atoms with van der Waals surface area (Å²) in [5, 5.41) is 10.1. The van der Waals surface area contributed by atoms with Crippen molar-refractivity contribution in [2.24, 2.45) is 27.0 Å². The van der Waals surface area contributed by atoms with Crippen LogP contribution in [0, 0.1) is 16.7 Å². The molecule has 2 atom stereocenters. The van der Waals surface area contributed by atoms with Crippen LogP contribution in [-0.2, 0) is 9.63 Å². The molecule has 23 heavy (non-hydrogen) atoms. The molecule has 5 nitrogen and oxygen atoms in total. The zero-order valence-corrected chi connectivity index (χ0v) is 14.7. The van der Waals surface area contributed by atoms with Crippen LogP contribution in [0.5, 0.6) is 0 Å². The van der Waals surface area contributed by atoms with E-state index in [1.54, 1.807) is 17.6 Å². The first-order valence-corrected chi connectivity index (χ1v) is 8.86. The van der Waals surface area contributed by atoms with E-state index in [1.165, 1.54) is 6.42 Å². The molecule has 2 saturated carbocycles. The molecular formula is C17H23N3O2S. The van der Waals surface area contributed by atoms with Crippen molar-refractivity contribution < 1.29 is 9.63 Å². The maximum absolute atomic E-state index is 11.8. The predicted octanol–water partition coefficient (Wildman–Crippen LogP) is 3.42.